The highest BCUT2D eigenvalue weighted by molar-refractivity contribution is 5.99. The molecule has 0 atom stereocenters. The number of carbonyl (C=O) groups excluding carboxylic acids is 3. The van der Waals surface area contributed by atoms with Crippen LogP contribution in [0.4, 0.5) is 17.1 Å². The first-order chi connectivity index (χ1) is 14.4. The second-order valence-electron chi connectivity index (χ2n) is 6.43. The topological polar surface area (TPSA) is 112 Å². The van der Waals surface area contributed by atoms with Crippen LogP contribution >= 0.6 is 0 Å². The molecule has 8 heteroatoms. The molecule has 0 saturated heterocycles. The van der Waals surface area contributed by atoms with Gasteiger partial charge < -0.3 is 20.3 Å². The van der Waals surface area contributed by atoms with Crippen molar-refractivity contribution in [2.75, 3.05) is 29.2 Å². The van der Waals surface area contributed by atoms with E-state index in [1.54, 1.807) is 30.3 Å². The summed E-state index contributed by atoms with van der Waals surface area (Å²) in [7, 11) is 1.48. The van der Waals surface area contributed by atoms with E-state index < -0.39 is 0 Å². The molecule has 0 saturated carbocycles. The van der Waals surface area contributed by atoms with Crippen molar-refractivity contribution in [1.82, 2.24) is 0 Å². The molecule has 0 heterocycles. The smallest absolute Gasteiger partial charge is 0.227 e. The molecule has 3 amide bonds. The highest BCUT2D eigenvalue weighted by atomic mass is 16.5. The van der Waals surface area contributed by atoms with Gasteiger partial charge >= 0.3 is 0 Å². The van der Waals surface area contributed by atoms with E-state index in [0.29, 0.717) is 22.8 Å². The number of ether oxygens (including phenoxy) is 1. The predicted octanol–water partition coefficient (Wildman–Crippen LogP) is 3.32. The number of hydrogen-bond acceptors (Lipinski definition) is 5. The first-order valence-corrected chi connectivity index (χ1v) is 9.42. The van der Waals surface area contributed by atoms with E-state index in [0.717, 1.165) is 0 Å². The lowest BCUT2D eigenvalue weighted by Gasteiger charge is -2.21. The van der Waals surface area contributed by atoms with Crippen molar-refractivity contribution < 1.29 is 19.1 Å². The fourth-order valence-corrected chi connectivity index (χ4v) is 2.82. The van der Waals surface area contributed by atoms with Crippen molar-refractivity contribution in [3.05, 3.63) is 48.5 Å². The average molecular weight is 408 g/mol. The van der Waals surface area contributed by atoms with Gasteiger partial charge in [0.1, 0.15) is 5.75 Å². The zero-order chi connectivity index (χ0) is 21.9. The largest absolute Gasteiger partial charge is 0.495 e. The molecule has 0 fully saturated rings. The van der Waals surface area contributed by atoms with E-state index in [9.17, 15) is 14.4 Å². The lowest BCUT2D eigenvalue weighted by atomic mass is 10.2. The van der Waals surface area contributed by atoms with Crippen LogP contribution in [0.2, 0.25) is 0 Å². The summed E-state index contributed by atoms with van der Waals surface area (Å²) in [5.41, 5.74) is 1.60. The van der Waals surface area contributed by atoms with E-state index >= 15 is 0 Å². The minimum absolute atomic E-state index is 0.000857. The molecule has 2 aromatic rings. The van der Waals surface area contributed by atoms with E-state index in [-0.39, 0.29) is 43.5 Å². The minimum Gasteiger partial charge on any atom is -0.495 e. The van der Waals surface area contributed by atoms with Gasteiger partial charge in [-0.1, -0.05) is 18.2 Å². The summed E-state index contributed by atoms with van der Waals surface area (Å²) in [5, 5.41) is 14.2. The molecule has 2 N–H and O–H groups in total. The quantitative estimate of drug-likeness (QED) is 0.661. The molecule has 0 aliphatic carbocycles. The number of methoxy groups -OCH3 is 1. The van der Waals surface area contributed by atoms with Crippen LogP contribution in [-0.2, 0) is 14.4 Å². The summed E-state index contributed by atoms with van der Waals surface area (Å²) >= 11 is 0. The lowest BCUT2D eigenvalue weighted by Crippen LogP contribution is -2.32. The first kappa shape index (κ1) is 22.4. The zero-order valence-corrected chi connectivity index (χ0v) is 17.0. The standard InChI is InChI=1S/C22H24N4O4/c1-16(27)24-19-15-17(9-10-20(19)30-2)25-21(28)11-12-22(29)26(14-6-13-23)18-7-4-3-5-8-18/h3-5,7-10,15H,6,11-12,14H2,1-2H3,(H,24,27)(H,25,28). The van der Waals surface area contributed by atoms with Crippen LogP contribution in [0.3, 0.4) is 0 Å². The van der Waals surface area contributed by atoms with Crippen molar-refractivity contribution in [3.63, 3.8) is 0 Å². The van der Waals surface area contributed by atoms with Gasteiger partial charge in [-0.05, 0) is 30.3 Å². The Morgan fingerprint density at radius 2 is 1.80 bits per heavy atom. The molecular weight excluding hydrogens is 384 g/mol. The van der Waals surface area contributed by atoms with Crippen molar-refractivity contribution in [3.8, 4) is 11.8 Å². The van der Waals surface area contributed by atoms with Gasteiger partial charge in [-0.3, -0.25) is 14.4 Å². The first-order valence-electron chi connectivity index (χ1n) is 9.42. The Hall–Kier alpha value is -3.86. The fraction of sp³-hybridized carbons (Fsp3) is 0.273. The monoisotopic (exact) mass is 408 g/mol. The van der Waals surface area contributed by atoms with E-state index in [2.05, 4.69) is 10.6 Å². The van der Waals surface area contributed by atoms with Crippen molar-refractivity contribution >= 4 is 34.8 Å². The maximum absolute atomic E-state index is 12.6. The molecule has 0 aromatic heterocycles. The maximum Gasteiger partial charge on any atom is 0.227 e. The number of amides is 3. The molecule has 0 aliphatic rings. The van der Waals surface area contributed by atoms with Gasteiger partial charge in [-0.15, -0.1) is 0 Å². The average Bonchev–Trinajstić information content (AvgIpc) is 2.73. The highest BCUT2D eigenvalue weighted by Crippen LogP contribution is 2.28. The fourth-order valence-electron chi connectivity index (χ4n) is 2.82. The Bertz CT molecular complexity index is 938. The third-order valence-electron chi connectivity index (χ3n) is 4.18. The zero-order valence-electron chi connectivity index (χ0n) is 17.0. The van der Waals surface area contributed by atoms with Gasteiger partial charge in [-0.2, -0.15) is 5.26 Å². The number of nitrogens with one attached hydrogen (secondary N) is 2. The van der Waals surface area contributed by atoms with Crippen molar-refractivity contribution in [1.29, 1.82) is 5.26 Å². The highest BCUT2D eigenvalue weighted by Gasteiger charge is 2.17. The van der Waals surface area contributed by atoms with Crippen LogP contribution < -0.4 is 20.3 Å². The predicted molar refractivity (Wildman–Crippen MR) is 114 cm³/mol. The number of benzene rings is 2. The minimum atomic E-state index is -0.337. The Balaban J connectivity index is 1.99. The van der Waals surface area contributed by atoms with Crippen LogP contribution in [0.1, 0.15) is 26.2 Å². The molecule has 0 radical (unpaired) electrons. The van der Waals surface area contributed by atoms with Gasteiger partial charge in [0.25, 0.3) is 0 Å². The SMILES string of the molecule is COc1ccc(NC(=O)CCC(=O)N(CCC#N)c2ccccc2)cc1NC(C)=O. The summed E-state index contributed by atoms with van der Waals surface area (Å²) in [4.78, 5) is 37.8. The number of nitrogens with zero attached hydrogens (tertiary/aromatic N) is 2. The number of hydrogen-bond donors (Lipinski definition) is 2. The van der Waals surface area contributed by atoms with Crippen molar-refractivity contribution in [2.24, 2.45) is 0 Å². The molecule has 0 aliphatic heterocycles. The Labute approximate surface area is 175 Å². The molecule has 30 heavy (non-hydrogen) atoms. The Morgan fingerprint density at radius 3 is 2.43 bits per heavy atom. The van der Waals surface area contributed by atoms with Crippen LogP contribution in [0.15, 0.2) is 48.5 Å². The summed E-state index contributed by atoms with van der Waals surface area (Å²) in [6, 6.07) is 15.9. The van der Waals surface area contributed by atoms with E-state index in [1.165, 1.54) is 18.9 Å². The summed E-state index contributed by atoms with van der Waals surface area (Å²) in [6.45, 7) is 1.64. The molecule has 0 unspecified atom stereocenters. The van der Waals surface area contributed by atoms with Crippen LogP contribution in [-0.4, -0.2) is 31.4 Å². The third kappa shape index (κ3) is 6.63. The molecule has 2 rings (SSSR count). The van der Waals surface area contributed by atoms with Gasteiger partial charge in [0.2, 0.25) is 17.7 Å². The molecular formula is C22H24N4O4. The molecule has 8 nitrogen and oxygen atoms in total. The number of para-hydroxylation sites is 1. The number of carbonyl (C=O) groups is 3. The van der Waals surface area contributed by atoms with Gasteiger partial charge in [-0.25, -0.2) is 0 Å². The lowest BCUT2D eigenvalue weighted by molar-refractivity contribution is -0.122. The van der Waals surface area contributed by atoms with Crippen LogP contribution in [0.5, 0.6) is 5.75 Å². The number of anilines is 3. The summed E-state index contributed by atoms with van der Waals surface area (Å²) in [5.74, 6) is -0.369. The summed E-state index contributed by atoms with van der Waals surface area (Å²) in [6.07, 6.45) is 0.182. The van der Waals surface area contributed by atoms with Gasteiger partial charge in [0, 0.05) is 37.7 Å². The van der Waals surface area contributed by atoms with Crippen molar-refractivity contribution in [2.45, 2.75) is 26.2 Å². The maximum atomic E-state index is 12.6. The van der Waals surface area contributed by atoms with Gasteiger partial charge in [0.15, 0.2) is 0 Å². The summed E-state index contributed by atoms with van der Waals surface area (Å²) < 4.78 is 5.19. The Kier molecular flexibility index (Phi) is 8.39. The molecule has 156 valence electrons. The molecule has 0 bridgehead atoms. The second kappa shape index (κ2) is 11.2. The molecule has 2 aromatic carbocycles. The number of nitriles is 1. The van der Waals surface area contributed by atoms with Gasteiger partial charge in [0.05, 0.1) is 25.3 Å². The number of rotatable bonds is 9. The molecule has 0 spiro atoms. The van der Waals surface area contributed by atoms with Crippen LogP contribution in [0.25, 0.3) is 0 Å². The van der Waals surface area contributed by atoms with E-state index in [4.69, 9.17) is 10.00 Å². The Morgan fingerprint density at radius 1 is 1.07 bits per heavy atom. The van der Waals surface area contributed by atoms with Crippen LogP contribution in [0, 0.1) is 11.3 Å². The van der Waals surface area contributed by atoms with E-state index in [1.807, 2.05) is 24.3 Å². The second-order valence-corrected chi connectivity index (χ2v) is 6.43. The third-order valence-corrected chi connectivity index (χ3v) is 4.18. The normalized spacial score (nSPS) is 9.90.